The van der Waals surface area contributed by atoms with Crippen LogP contribution >= 0.6 is 7.60 Å². The van der Waals surface area contributed by atoms with Gasteiger partial charge in [0.15, 0.2) is 18.7 Å². The lowest BCUT2D eigenvalue weighted by Gasteiger charge is -2.47. The molecule has 2 rings (SSSR count). The number of carbonyl (C=O) groups excluding carboxylic acids is 6. The molecular formula is C40H69N2O20P. The zero-order chi connectivity index (χ0) is 47.6. The first kappa shape index (κ1) is 55.8. The molecule has 0 saturated carbocycles. The fourth-order valence-electron chi connectivity index (χ4n) is 6.83. The van der Waals surface area contributed by atoms with Crippen molar-refractivity contribution in [3.8, 4) is 0 Å². The van der Waals surface area contributed by atoms with Crippen LogP contribution in [0.4, 0.5) is 0 Å². The van der Waals surface area contributed by atoms with Crippen molar-refractivity contribution < 1.29 is 96.7 Å². The van der Waals surface area contributed by atoms with Gasteiger partial charge in [-0.3, -0.25) is 33.3 Å². The van der Waals surface area contributed by atoms with Crippen LogP contribution in [-0.4, -0.2) is 159 Å². The van der Waals surface area contributed by atoms with Crippen molar-refractivity contribution in [1.29, 1.82) is 0 Å². The van der Waals surface area contributed by atoms with Gasteiger partial charge in [0.05, 0.1) is 50.8 Å². The molecule has 0 radical (unpaired) electrons. The Bertz CT molecular complexity index is 1530. The van der Waals surface area contributed by atoms with Gasteiger partial charge in [-0.25, -0.2) is 0 Å². The first-order valence-corrected chi connectivity index (χ1v) is 23.4. The number of aliphatic hydroxyl groups excluding tert-OH is 4. The summed E-state index contributed by atoms with van der Waals surface area (Å²) in [5, 5.41) is 48.4. The van der Waals surface area contributed by atoms with Gasteiger partial charge in [-0.15, -0.1) is 0 Å². The van der Waals surface area contributed by atoms with Gasteiger partial charge in [0.2, 0.25) is 11.8 Å². The average Bonchev–Trinajstić information content (AvgIpc) is 3.22. The Balaban J connectivity index is 2.59. The van der Waals surface area contributed by atoms with Crippen molar-refractivity contribution in [1.82, 2.24) is 10.6 Å². The molecule has 63 heavy (non-hydrogen) atoms. The number of rotatable bonds is 26. The van der Waals surface area contributed by atoms with Gasteiger partial charge in [0, 0.05) is 25.2 Å². The number of amides is 2. The number of carbonyl (C=O) groups is 6. The molecule has 2 saturated heterocycles. The van der Waals surface area contributed by atoms with Crippen LogP contribution in [0.25, 0.3) is 0 Å². The van der Waals surface area contributed by atoms with Gasteiger partial charge in [-0.2, -0.15) is 0 Å². The highest BCUT2D eigenvalue weighted by atomic mass is 31.2. The number of hydrogen-bond donors (Lipinski definition) is 8. The van der Waals surface area contributed by atoms with Crippen LogP contribution in [0.2, 0.25) is 0 Å². The second-order valence-corrected chi connectivity index (χ2v) is 17.6. The van der Waals surface area contributed by atoms with E-state index in [0.29, 0.717) is 6.42 Å². The molecule has 22 nitrogen and oxygen atoms in total. The number of ether oxygens (including phenoxy) is 7. The molecule has 0 aromatic carbocycles. The molecule has 5 unspecified atom stereocenters. The molecule has 364 valence electrons. The second kappa shape index (κ2) is 27.2. The van der Waals surface area contributed by atoms with E-state index < -0.39 is 161 Å². The predicted octanol–water partition coefficient (Wildman–Crippen LogP) is 0.226. The molecule has 0 spiro atoms. The maximum absolute atomic E-state index is 13.7. The maximum atomic E-state index is 13.7. The zero-order valence-corrected chi connectivity index (χ0v) is 38.0. The lowest BCUT2D eigenvalue weighted by Crippen LogP contribution is -2.67. The zero-order valence-electron chi connectivity index (χ0n) is 37.1. The van der Waals surface area contributed by atoms with Crippen LogP contribution in [0.1, 0.15) is 113 Å². The van der Waals surface area contributed by atoms with Gasteiger partial charge < -0.3 is 74.0 Å². The van der Waals surface area contributed by atoms with Crippen LogP contribution in [0.3, 0.4) is 0 Å². The Morgan fingerprint density at radius 3 is 1.75 bits per heavy atom. The second-order valence-electron chi connectivity index (χ2n) is 15.9. The predicted molar refractivity (Wildman–Crippen MR) is 218 cm³/mol. The van der Waals surface area contributed by atoms with Crippen molar-refractivity contribution >= 4 is 43.3 Å². The van der Waals surface area contributed by atoms with Crippen LogP contribution in [-0.2, 0) is 66.5 Å². The highest BCUT2D eigenvalue weighted by Gasteiger charge is 2.53. The number of aliphatic hydroxyl groups is 4. The lowest BCUT2D eigenvalue weighted by molar-refractivity contribution is -0.293. The summed E-state index contributed by atoms with van der Waals surface area (Å²) in [6.07, 6.45) is -16.3. The quantitative estimate of drug-likeness (QED) is 0.0327. The van der Waals surface area contributed by atoms with Crippen LogP contribution in [0.5, 0.6) is 0 Å². The standard InChI is InChI=1S/C40H69N2O20P/c1-8-21(7)14-28(45)41-34-38(62-32(49)15-22(44)9-2)36(51)27(59-39(34)52)19-56-40-35(42-29(46)16-23(10-3)57-30(47)12-5)37(25(20-63(53,54)55)26(18-43)60-40)61-33(50)17-24(11-4)58-31(48)13-6/h21-27,34-40,43-44,51-52H,8-20H2,1-7H3,(H,41,45)(H,42,46)(H2,53,54,55)/t21-,22-,23-,24-,25+,26?,27?,34?,35?,36+,37+,38-,39?,40-/m1/s1. The van der Waals surface area contributed by atoms with Gasteiger partial charge >= 0.3 is 31.5 Å². The Kier molecular flexibility index (Phi) is 24.1. The Hall–Kier alpha value is -3.31. The maximum Gasteiger partial charge on any atom is 0.326 e. The van der Waals surface area contributed by atoms with E-state index in [1.54, 1.807) is 34.6 Å². The SMILES string of the molecule is CCC(=O)O[C@H](CC)CC(=O)NC1[C@H](OCC2OC(O)C(NC(=O)C[C@H](C)CC)[C@@H](OC(=O)C[C@H](O)CC)[C@H]2O)OC(CO)[C@H](CP(=O)(O)O)[C@@H]1OC(=O)C[C@@H](CC)OC(=O)CC. The van der Waals surface area contributed by atoms with Crippen molar-refractivity contribution in [3.05, 3.63) is 0 Å². The molecule has 2 heterocycles. The Morgan fingerprint density at radius 2 is 1.22 bits per heavy atom. The van der Waals surface area contributed by atoms with E-state index in [4.69, 9.17) is 33.2 Å². The Morgan fingerprint density at radius 1 is 0.683 bits per heavy atom. The van der Waals surface area contributed by atoms with E-state index in [2.05, 4.69) is 10.6 Å². The minimum atomic E-state index is -4.99. The van der Waals surface area contributed by atoms with Crippen LogP contribution in [0.15, 0.2) is 0 Å². The summed E-state index contributed by atoms with van der Waals surface area (Å²) in [5.74, 6) is -6.16. The van der Waals surface area contributed by atoms with Crippen molar-refractivity contribution in [3.63, 3.8) is 0 Å². The largest absolute Gasteiger partial charge is 0.462 e. The van der Waals surface area contributed by atoms with E-state index in [-0.39, 0.29) is 44.4 Å². The summed E-state index contributed by atoms with van der Waals surface area (Å²) in [7, 11) is -4.99. The smallest absolute Gasteiger partial charge is 0.326 e. The van der Waals surface area contributed by atoms with E-state index in [1.807, 2.05) is 13.8 Å². The summed E-state index contributed by atoms with van der Waals surface area (Å²) in [6, 6.07) is -3.15. The van der Waals surface area contributed by atoms with E-state index in [1.165, 1.54) is 0 Å². The minimum absolute atomic E-state index is 0.00260. The number of hydrogen-bond acceptors (Lipinski definition) is 18. The summed E-state index contributed by atoms with van der Waals surface area (Å²) < 4.78 is 52.2. The van der Waals surface area contributed by atoms with Crippen molar-refractivity contribution in [2.75, 3.05) is 19.4 Å². The third kappa shape index (κ3) is 18.6. The number of esters is 4. The minimum Gasteiger partial charge on any atom is -0.462 e. The molecule has 2 fully saturated rings. The molecule has 14 atom stereocenters. The fraction of sp³-hybridized carbons (Fsp3) is 0.850. The van der Waals surface area contributed by atoms with E-state index in [0.717, 1.165) is 0 Å². The van der Waals surface area contributed by atoms with Gasteiger partial charge in [-0.05, 0) is 25.2 Å². The van der Waals surface area contributed by atoms with Gasteiger partial charge in [0.1, 0.15) is 42.6 Å². The topological polar surface area (TPSA) is 330 Å². The normalized spacial score (nSPS) is 28.1. The van der Waals surface area contributed by atoms with Crippen LogP contribution < -0.4 is 10.6 Å². The molecule has 2 aliphatic rings. The summed E-state index contributed by atoms with van der Waals surface area (Å²) in [4.78, 5) is 97.4. The highest BCUT2D eigenvalue weighted by molar-refractivity contribution is 7.51. The molecule has 0 bridgehead atoms. The molecular weight excluding hydrogens is 859 g/mol. The third-order valence-electron chi connectivity index (χ3n) is 10.8. The molecule has 8 N–H and O–H groups in total. The van der Waals surface area contributed by atoms with Crippen LogP contribution in [0, 0.1) is 11.8 Å². The number of nitrogens with one attached hydrogen (secondary N) is 2. The van der Waals surface area contributed by atoms with Gasteiger partial charge in [0.25, 0.3) is 0 Å². The van der Waals surface area contributed by atoms with Crippen molar-refractivity contribution in [2.24, 2.45) is 11.8 Å². The monoisotopic (exact) mass is 928 g/mol. The van der Waals surface area contributed by atoms with Crippen molar-refractivity contribution in [2.45, 2.75) is 186 Å². The fourth-order valence-corrected chi connectivity index (χ4v) is 7.82. The Labute approximate surface area is 367 Å². The van der Waals surface area contributed by atoms with Gasteiger partial charge in [-0.1, -0.05) is 54.9 Å². The molecule has 0 aromatic rings. The highest BCUT2D eigenvalue weighted by Crippen LogP contribution is 2.43. The molecule has 23 heteroatoms. The third-order valence-corrected chi connectivity index (χ3v) is 11.7. The first-order chi connectivity index (χ1) is 29.6. The molecule has 2 aliphatic heterocycles. The summed E-state index contributed by atoms with van der Waals surface area (Å²) >= 11 is 0. The van der Waals surface area contributed by atoms with E-state index in [9.17, 15) is 63.5 Å². The first-order valence-electron chi connectivity index (χ1n) is 21.6. The molecule has 2 amide bonds. The van der Waals surface area contributed by atoms with E-state index >= 15 is 0 Å². The summed E-state index contributed by atoms with van der Waals surface area (Å²) in [6.45, 7) is 10.0. The average molecular weight is 929 g/mol. The molecule has 0 aliphatic carbocycles. The summed E-state index contributed by atoms with van der Waals surface area (Å²) in [5.41, 5.74) is 0. The lowest BCUT2D eigenvalue weighted by atomic mass is 9.88. The molecule has 0 aromatic heterocycles.